The summed E-state index contributed by atoms with van der Waals surface area (Å²) in [6.45, 7) is 11.2. The Hall–Kier alpha value is -0.190. The first kappa shape index (κ1) is 15.9. The van der Waals surface area contributed by atoms with Crippen molar-refractivity contribution in [2.75, 3.05) is 39.3 Å². The second-order valence-corrected chi connectivity index (χ2v) is 5.98. The summed E-state index contributed by atoms with van der Waals surface area (Å²) in [6, 6.07) is 0. The minimum atomic E-state index is 0.623. The average molecular weight is 271 g/mol. The van der Waals surface area contributed by atoms with E-state index >= 15 is 0 Å². The fourth-order valence-electron chi connectivity index (χ4n) is 2.63. The van der Waals surface area contributed by atoms with Crippen molar-refractivity contribution in [3.05, 3.63) is 0 Å². The third-order valence-electron chi connectivity index (χ3n) is 3.90. The van der Waals surface area contributed by atoms with Crippen LogP contribution in [0.25, 0.3) is 0 Å². The smallest absolute Gasteiger partial charge is 0.0870 e. The number of rotatable bonds is 8. The number of hydrogen-bond acceptors (Lipinski definition) is 3. The molecular weight excluding hydrogens is 242 g/mol. The lowest BCUT2D eigenvalue weighted by atomic mass is 9.98. The van der Waals surface area contributed by atoms with Gasteiger partial charge in [0.2, 0.25) is 0 Å². The Morgan fingerprint density at radius 3 is 2.28 bits per heavy atom. The standard InChI is InChI=1S/C14H29N3S/c1-3-5-6-13(4-2)11-16-7-9-17(10-8-16)12-14(15)18/h13H,3-12H2,1-2H3,(H2,15,18). The highest BCUT2D eigenvalue weighted by Crippen LogP contribution is 2.15. The maximum absolute atomic E-state index is 5.59. The van der Waals surface area contributed by atoms with Crippen molar-refractivity contribution in [1.29, 1.82) is 0 Å². The molecule has 1 fully saturated rings. The van der Waals surface area contributed by atoms with Crippen LogP contribution in [0.1, 0.15) is 39.5 Å². The Balaban J connectivity index is 2.23. The van der Waals surface area contributed by atoms with Crippen LogP contribution in [0.2, 0.25) is 0 Å². The maximum Gasteiger partial charge on any atom is 0.0870 e. The third kappa shape index (κ3) is 6.12. The number of nitrogens with two attached hydrogens (primary N) is 1. The first-order chi connectivity index (χ1) is 8.65. The van der Waals surface area contributed by atoms with Crippen molar-refractivity contribution in [3.63, 3.8) is 0 Å². The molecule has 0 aromatic heterocycles. The predicted octanol–water partition coefficient (Wildman–Crippen LogP) is 2.11. The molecule has 106 valence electrons. The van der Waals surface area contributed by atoms with Crippen LogP contribution in [0.3, 0.4) is 0 Å². The largest absolute Gasteiger partial charge is 0.392 e. The third-order valence-corrected chi connectivity index (χ3v) is 4.03. The van der Waals surface area contributed by atoms with Crippen LogP contribution in [0.4, 0.5) is 0 Å². The quantitative estimate of drug-likeness (QED) is 0.685. The highest BCUT2D eigenvalue weighted by Gasteiger charge is 2.19. The van der Waals surface area contributed by atoms with Gasteiger partial charge in [0.25, 0.3) is 0 Å². The number of nitrogens with zero attached hydrogens (tertiary/aromatic N) is 2. The number of thiocarbonyl (C=S) groups is 1. The molecular formula is C14H29N3S. The van der Waals surface area contributed by atoms with Crippen molar-refractivity contribution in [2.45, 2.75) is 39.5 Å². The van der Waals surface area contributed by atoms with Crippen LogP contribution in [-0.4, -0.2) is 54.1 Å². The minimum absolute atomic E-state index is 0.623. The van der Waals surface area contributed by atoms with Gasteiger partial charge in [-0.2, -0.15) is 0 Å². The van der Waals surface area contributed by atoms with Gasteiger partial charge in [-0.3, -0.25) is 4.90 Å². The number of hydrogen-bond donors (Lipinski definition) is 1. The zero-order valence-electron chi connectivity index (χ0n) is 12.0. The van der Waals surface area contributed by atoms with Gasteiger partial charge >= 0.3 is 0 Å². The molecule has 0 amide bonds. The van der Waals surface area contributed by atoms with Gasteiger partial charge in [-0.15, -0.1) is 0 Å². The van der Waals surface area contributed by atoms with E-state index in [0.717, 1.165) is 25.6 Å². The summed E-state index contributed by atoms with van der Waals surface area (Å²) in [6.07, 6.45) is 5.39. The summed E-state index contributed by atoms with van der Waals surface area (Å²) < 4.78 is 0. The number of piperazine rings is 1. The first-order valence-electron chi connectivity index (χ1n) is 7.38. The Bertz CT molecular complexity index is 237. The summed E-state index contributed by atoms with van der Waals surface area (Å²) in [5.41, 5.74) is 5.59. The Morgan fingerprint density at radius 2 is 1.78 bits per heavy atom. The Labute approximate surface area is 118 Å². The highest BCUT2D eigenvalue weighted by molar-refractivity contribution is 7.80. The SMILES string of the molecule is CCCCC(CC)CN1CCN(CC(N)=S)CC1. The second kappa shape index (κ2) is 8.83. The van der Waals surface area contributed by atoms with Crippen LogP contribution in [-0.2, 0) is 0 Å². The highest BCUT2D eigenvalue weighted by atomic mass is 32.1. The molecule has 0 bridgehead atoms. The lowest BCUT2D eigenvalue weighted by Gasteiger charge is -2.36. The van der Waals surface area contributed by atoms with Crippen molar-refractivity contribution < 1.29 is 0 Å². The van der Waals surface area contributed by atoms with Gasteiger partial charge in [0.15, 0.2) is 0 Å². The molecule has 0 aromatic rings. The molecule has 0 aliphatic carbocycles. The van der Waals surface area contributed by atoms with Gasteiger partial charge in [-0.25, -0.2) is 0 Å². The molecule has 1 heterocycles. The molecule has 0 aromatic carbocycles. The molecule has 1 rings (SSSR count). The zero-order chi connectivity index (χ0) is 13.4. The summed E-state index contributed by atoms with van der Waals surface area (Å²) in [5, 5.41) is 0. The van der Waals surface area contributed by atoms with Crippen molar-refractivity contribution in [2.24, 2.45) is 11.7 Å². The minimum Gasteiger partial charge on any atom is -0.392 e. The van der Waals surface area contributed by atoms with E-state index in [1.807, 2.05) is 0 Å². The van der Waals surface area contributed by atoms with Gasteiger partial charge in [-0.05, 0) is 12.3 Å². The van der Waals surface area contributed by atoms with Gasteiger partial charge in [0, 0.05) is 39.3 Å². The van der Waals surface area contributed by atoms with E-state index in [0.29, 0.717) is 4.99 Å². The molecule has 18 heavy (non-hydrogen) atoms. The van der Waals surface area contributed by atoms with E-state index in [1.54, 1.807) is 0 Å². The van der Waals surface area contributed by atoms with Crippen LogP contribution < -0.4 is 5.73 Å². The molecule has 4 heteroatoms. The van der Waals surface area contributed by atoms with Crippen LogP contribution in [0, 0.1) is 5.92 Å². The topological polar surface area (TPSA) is 32.5 Å². The van der Waals surface area contributed by atoms with Crippen molar-refractivity contribution >= 4 is 17.2 Å². The van der Waals surface area contributed by atoms with E-state index in [1.165, 1.54) is 45.3 Å². The molecule has 1 aliphatic heterocycles. The monoisotopic (exact) mass is 271 g/mol. The molecule has 0 radical (unpaired) electrons. The summed E-state index contributed by atoms with van der Waals surface area (Å²) >= 11 is 4.96. The second-order valence-electron chi connectivity index (χ2n) is 5.46. The fourth-order valence-corrected chi connectivity index (χ4v) is 2.82. The van der Waals surface area contributed by atoms with Crippen molar-refractivity contribution in [1.82, 2.24) is 9.80 Å². The fraction of sp³-hybridized carbons (Fsp3) is 0.929. The summed E-state index contributed by atoms with van der Waals surface area (Å²) in [5.74, 6) is 0.882. The Morgan fingerprint density at radius 1 is 1.17 bits per heavy atom. The van der Waals surface area contributed by atoms with Gasteiger partial charge in [0.1, 0.15) is 0 Å². The summed E-state index contributed by atoms with van der Waals surface area (Å²) in [7, 11) is 0. The first-order valence-corrected chi connectivity index (χ1v) is 7.79. The van der Waals surface area contributed by atoms with Crippen LogP contribution in [0.15, 0.2) is 0 Å². The van der Waals surface area contributed by atoms with E-state index in [-0.39, 0.29) is 0 Å². The molecule has 1 unspecified atom stereocenters. The molecule has 0 saturated carbocycles. The zero-order valence-corrected chi connectivity index (χ0v) is 12.8. The van der Waals surface area contributed by atoms with Crippen LogP contribution >= 0.6 is 12.2 Å². The van der Waals surface area contributed by atoms with E-state index in [2.05, 4.69) is 23.6 Å². The molecule has 0 spiro atoms. The summed E-state index contributed by atoms with van der Waals surface area (Å²) in [4.78, 5) is 5.60. The van der Waals surface area contributed by atoms with Crippen LogP contribution in [0.5, 0.6) is 0 Å². The van der Waals surface area contributed by atoms with E-state index in [9.17, 15) is 0 Å². The Kier molecular flexibility index (Phi) is 7.79. The van der Waals surface area contributed by atoms with E-state index in [4.69, 9.17) is 18.0 Å². The number of unbranched alkanes of at least 4 members (excludes halogenated alkanes) is 1. The van der Waals surface area contributed by atoms with Gasteiger partial charge < -0.3 is 10.6 Å². The molecule has 3 nitrogen and oxygen atoms in total. The predicted molar refractivity (Wildman–Crippen MR) is 83.0 cm³/mol. The lowest BCUT2D eigenvalue weighted by Crippen LogP contribution is -2.49. The molecule has 1 atom stereocenters. The average Bonchev–Trinajstić information content (AvgIpc) is 2.36. The molecule has 1 aliphatic rings. The lowest BCUT2D eigenvalue weighted by molar-refractivity contribution is 0.125. The van der Waals surface area contributed by atoms with Crippen molar-refractivity contribution in [3.8, 4) is 0 Å². The maximum atomic E-state index is 5.59. The van der Waals surface area contributed by atoms with E-state index < -0.39 is 0 Å². The normalized spacial score (nSPS) is 19.9. The molecule has 2 N–H and O–H groups in total. The van der Waals surface area contributed by atoms with Gasteiger partial charge in [-0.1, -0.05) is 45.3 Å². The molecule has 1 saturated heterocycles. The van der Waals surface area contributed by atoms with Gasteiger partial charge in [0.05, 0.1) is 4.99 Å².